The summed E-state index contributed by atoms with van der Waals surface area (Å²) in [5.41, 5.74) is 7.02. The molecule has 5 nitrogen and oxygen atoms in total. The van der Waals surface area contributed by atoms with Crippen LogP contribution >= 0.6 is 0 Å². The fraction of sp³-hybridized carbons (Fsp3) is 0.692. The number of aryl methyl sites for hydroxylation is 2. The Bertz CT molecular complexity index is 1620. The third-order valence-corrected chi connectivity index (χ3v) is 14.2. The molecule has 7 rings (SSSR count). The van der Waals surface area contributed by atoms with Crippen LogP contribution in [0.1, 0.15) is 122 Å². The Labute approximate surface area is 280 Å². The number of rotatable bonds is 7. The molecule has 0 aromatic carbocycles. The zero-order valence-electron chi connectivity index (χ0n) is 29.7. The molecule has 0 amide bonds. The number of hydrogen-bond donors (Lipinski definition) is 1. The molecule has 8 atom stereocenters. The molecule has 3 saturated carbocycles. The molecule has 1 aromatic heterocycles. The Kier molecular flexibility index (Phi) is 8.13. The van der Waals surface area contributed by atoms with Crippen LogP contribution in [0.25, 0.3) is 5.57 Å². The first kappa shape index (κ1) is 33.0. The zero-order chi connectivity index (χ0) is 33.6. The van der Waals surface area contributed by atoms with Crippen LogP contribution in [0.2, 0.25) is 0 Å². The van der Waals surface area contributed by atoms with E-state index >= 15 is 8.63 Å². The summed E-state index contributed by atoms with van der Waals surface area (Å²) < 4.78 is 40.1. The first-order chi connectivity index (χ1) is 22.2. The smallest absolute Gasteiger partial charge is 0.465 e. The number of hydrogen-bond acceptors (Lipinski definition) is 3. The lowest BCUT2D eigenvalue weighted by Crippen LogP contribution is -2.51. The van der Waals surface area contributed by atoms with Crippen molar-refractivity contribution in [1.29, 1.82) is 0 Å². The van der Waals surface area contributed by atoms with Crippen molar-refractivity contribution < 1.29 is 27.8 Å². The number of aliphatic hydroxyl groups is 1. The SMILES string of the molecule is CC1=CC(C)=[N+]2C1=C(CCCC(=O)OC[C@@H](C)[C@H]1CC[C@H]3[C@@H]4CC=C5C[C@@H](O)CC[C@]5(C)[C@H]4CC[C@]13C)c1c(C)cc(C)n1[B-]2(F)F. The van der Waals surface area contributed by atoms with Gasteiger partial charge in [-0.2, -0.15) is 0 Å². The fourth-order valence-corrected chi connectivity index (χ4v) is 12.1. The van der Waals surface area contributed by atoms with Crippen molar-refractivity contribution in [1.82, 2.24) is 4.48 Å². The highest BCUT2D eigenvalue weighted by Gasteiger charge is 2.59. The maximum absolute atomic E-state index is 15.9. The van der Waals surface area contributed by atoms with Crippen LogP contribution in [0.3, 0.4) is 0 Å². The lowest BCUT2D eigenvalue weighted by Gasteiger charge is -2.58. The molecule has 8 heteroatoms. The highest BCUT2D eigenvalue weighted by atomic mass is 19.2. The van der Waals surface area contributed by atoms with Crippen LogP contribution in [0, 0.1) is 54.3 Å². The summed E-state index contributed by atoms with van der Waals surface area (Å²) in [6, 6.07) is 1.85. The van der Waals surface area contributed by atoms with E-state index < -0.39 is 6.97 Å². The summed E-state index contributed by atoms with van der Waals surface area (Å²) in [4.78, 5) is 13.1. The predicted octanol–water partition coefficient (Wildman–Crippen LogP) is 8.78. The molecule has 3 fully saturated rings. The molecule has 0 unspecified atom stereocenters. The Balaban J connectivity index is 0.981. The second kappa shape index (κ2) is 11.6. The number of aliphatic hydroxyl groups excluding tert-OH is 1. The maximum atomic E-state index is 15.9. The molecule has 1 aromatic rings. The molecule has 1 N–H and O–H groups in total. The van der Waals surface area contributed by atoms with Crippen molar-refractivity contribution >= 4 is 24.2 Å². The van der Waals surface area contributed by atoms with Crippen LogP contribution in [0.5, 0.6) is 0 Å². The minimum absolute atomic E-state index is 0.166. The quantitative estimate of drug-likeness (QED) is 0.183. The number of nitrogens with zero attached hydrogens (tertiary/aromatic N) is 2. The van der Waals surface area contributed by atoms with Crippen molar-refractivity contribution in [3.8, 4) is 0 Å². The lowest BCUT2D eigenvalue weighted by molar-refractivity contribution is -0.363. The number of aromatic nitrogens is 1. The van der Waals surface area contributed by atoms with Gasteiger partial charge in [0.25, 0.3) is 0 Å². The van der Waals surface area contributed by atoms with Gasteiger partial charge >= 0.3 is 12.9 Å². The Morgan fingerprint density at radius 2 is 1.89 bits per heavy atom. The number of ether oxygens (including phenoxy) is 1. The van der Waals surface area contributed by atoms with Gasteiger partial charge in [0, 0.05) is 36.3 Å². The maximum Gasteiger partial charge on any atom is 0.737 e. The van der Waals surface area contributed by atoms with E-state index in [2.05, 4.69) is 26.8 Å². The number of esters is 1. The van der Waals surface area contributed by atoms with E-state index in [-0.39, 0.29) is 29.3 Å². The van der Waals surface area contributed by atoms with Gasteiger partial charge in [-0.25, -0.2) is 0 Å². The van der Waals surface area contributed by atoms with Gasteiger partial charge in [-0.05, 0) is 143 Å². The van der Waals surface area contributed by atoms with Gasteiger partial charge in [0.05, 0.1) is 12.7 Å². The Morgan fingerprint density at radius 3 is 2.66 bits per heavy atom. The summed E-state index contributed by atoms with van der Waals surface area (Å²) >= 11 is 0. The summed E-state index contributed by atoms with van der Waals surface area (Å²) in [6.45, 7) is 11.1. The monoisotopic (exact) mass is 648 g/mol. The highest BCUT2D eigenvalue weighted by molar-refractivity contribution is 6.58. The van der Waals surface area contributed by atoms with Crippen LogP contribution in [0.15, 0.2) is 35.1 Å². The summed E-state index contributed by atoms with van der Waals surface area (Å²) in [6.07, 6.45) is 14.6. The third kappa shape index (κ3) is 5.00. The van der Waals surface area contributed by atoms with Gasteiger partial charge in [0.1, 0.15) is 5.71 Å². The molecule has 47 heavy (non-hydrogen) atoms. The predicted molar refractivity (Wildman–Crippen MR) is 184 cm³/mol. The van der Waals surface area contributed by atoms with Gasteiger partial charge in [0.2, 0.25) is 0 Å². The summed E-state index contributed by atoms with van der Waals surface area (Å²) in [7, 11) is 0. The van der Waals surface area contributed by atoms with Gasteiger partial charge < -0.3 is 27.4 Å². The van der Waals surface area contributed by atoms with Crippen molar-refractivity contribution in [3.05, 3.63) is 52.0 Å². The molecular formula is C39H55BF2N2O3. The summed E-state index contributed by atoms with van der Waals surface area (Å²) in [5.74, 6) is 2.82. The standard InChI is InChI=1S/C39H55BF2N2O3/c1-23-19-26(4)43-36(23)31(37-24(2)20-27(5)44(37)40(43,41)42)9-8-10-35(46)47-22-25(3)32-13-14-33-30-12-11-28-21-29(45)15-17-38(28,6)34(30)16-18-39(32,33)7/h11,19-20,25,29-30,32-34,45H,8-10,12-18,21-22H2,1-7H3/t25-,29+,30+,32-,33+,34+,38+,39-/m1/s1. The molecule has 256 valence electrons. The first-order valence-corrected chi connectivity index (χ1v) is 18.5. The van der Waals surface area contributed by atoms with Crippen molar-refractivity contribution in [2.24, 2.45) is 40.4 Å². The molecule has 6 aliphatic rings. The van der Waals surface area contributed by atoms with Gasteiger partial charge in [-0.15, -0.1) is 0 Å². The van der Waals surface area contributed by atoms with Crippen LogP contribution in [-0.4, -0.2) is 45.4 Å². The normalized spacial score (nSPS) is 36.2. The minimum Gasteiger partial charge on any atom is -0.465 e. The Hall–Kier alpha value is -2.48. The number of halogens is 2. The summed E-state index contributed by atoms with van der Waals surface area (Å²) in [5, 5.41) is 10.3. The zero-order valence-corrected chi connectivity index (χ0v) is 29.7. The molecule has 0 spiro atoms. The van der Waals surface area contributed by atoms with Crippen molar-refractivity contribution in [2.75, 3.05) is 6.61 Å². The van der Waals surface area contributed by atoms with E-state index in [9.17, 15) is 9.90 Å². The van der Waals surface area contributed by atoms with Crippen molar-refractivity contribution in [2.45, 2.75) is 125 Å². The van der Waals surface area contributed by atoms with Gasteiger partial charge in [-0.1, -0.05) is 32.4 Å². The Morgan fingerprint density at radius 1 is 1.13 bits per heavy atom. The molecule has 4 aliphatic carbocycles. The number of allylic oxidation sites excluding steroid dienone is 4. The number of carbonyl (C=O) groups excluding carboxylic acids is 1. The molecule has 0 saturated heterocycles. The lowest BCUT2D eigenvalue weighted by atomic mass is 9.47. The molecule has 0 radical (unpaired) electrons. The molecule has 2 aliphatic heterocycles. The third-order valence-electron chi connectivity index (χ3n) is 14.2. The van der Waals surface area contributed by atoms with Gasteiger partial charge in [-0.3, -0.25) is 4.79 Å². The number of fused-ring (bicyclic) bond motifs is 7. The number of carbonyl (C=O) groups is 1. The topological polar surface area (TPSA) is 54.5 Å². The first-order valence-electron chi connectivity index (χ1n) is 18.5. The van der Waals surface area contributed by atoms with E-state index in [4.69, 9.17) is 4.74 Å². The van der Waals surface area contributed by atoms with E-state index in [1.54, 1.807) is 13.8 Å². The van der Waals surface area contributed by atoms with E-state index in [0.717, 1.165) is 54.2 Å². The average molecular weight is 649 g/mol. The van der Waals surface area contributed by atoms with Crippen molar-refractivity contribution in [3.63, 3.8) is 0 Å². The van der Waals surface area contributed by atoms with Crippen LogP contribution < -0.4 is 0 Å². The second-order valence-corrected chi connectivity index (χ2v) is 16.8. The van der Waals surface area contributed by atoms with Crippen LogP contribution in [-0.2, 0) is 9.53 Å². The molecular weight excluding hydrogens is 593 g/mol. The largest absolute Gasteiger partial charge is 0.737 e. The average Bonchev–Trinajstić information content (AvgIpc) is 3.63. The minimum atomic E-state index is -3.98. The van der Waals surface area contributed by atoms with Gasteiger partial charge in [0.15, 0.2) is 5.70 Å². The van der Waals surface area contributed by atoms with E-state index in [1.807, 2.05) is 26.0 Å². The highest BCUT2D eigenvalue weighted by Crippen LogP contribution is 2.67. The molecule has 0 bridgehead atoms. The van der Waals surface area contributed by atoms with Crippen LogP contribution in [0.4, 0.5) is 8.63 Å². The fourth-order valence-electron chi connectivity index (χ4n) is 12.1. The van der Waals surface area contributed by atoms with E-state index in [1.165, 1.54) is 40.2 Å². The van der Waals surface area contributed by atoms with E-state index in [0.29, 0.717) is 60.0 Å². The molecule has 3 heterocycles. The second-order valence-electron chi connectivity index (χ2n) is 16.8.